The van der Waals surface area contributed by atoms with E-state index in [2.05, 4.69) is 165 Å². The van der Waals surface area contributed by atoms with Crippen LogP contribution in [0, 0.1) is 28.7 Å². The Balaban J connectivity index is 0.000000444. The molecule has 1 saturated carbocycles. The van der Waals surface area contributed by atoms with Gasteiger partial charge in [0.2, 0.25) is 0 Å². The van der Waals surface area contributed by atoms with Gasteiger partial charge in [-0.25, -0.2) is 0 Å². The Morgan fingerprint density at radius 2 is 1.12 bits per heavy atom. The molecule has 0 bridgehead atoms. The van der Waals surface area contributed by atoms with Crippen LogP contribution in [0.25, 0.3) is 43.8 Å². The Bertz CT molecular complexity index is 1930. The number of hydrogen-bond donors (Lipinski definition) is 0. The third-order valence-electron chi connectivity index (χ3n) is 9.72. The van der Waals surface area contributed by atoms with E-state index in [1.807, 2.05) is 0 Å². The van der Waals surface area contributed by atoms with Gasteiger partial charge in [-0.2, -0.15) is 12.1 Å². The van der Waals surface area contributed by atoms with Gasteiger partial charge in [0, 0.05) is 0 Å². The first-order chi connectivity index (χ1) is 21.9. The van der Waals surface area contributed by atoms with Gasteiger partial charge in [-0.3, -0.25) is 0 Å². The fourth-order valence-electron chi connectivity index (χ4n) is 6.63. The zero-order valence-electron chi connectivity index (χ0n) is 31.8. The molecule has 1 aliphatic carbocycles. The van der Waals surface area contributed by atoms with Crippen molar-refractivity contribution >= 4 is 53.2 Å². The predicted molar refractivity (Wildman–Crippen MR) is 226 cm³/mol. The number of benzene rings is 4. The van der Waals surface area contributed by atoms with Gasteiger partial charge in [0.1, 0.15) is 0 Å². The van der Waals surface area contributed by atoms with Crippen molar-refractivity contribution in [1.29, 1.82) is 0 Å². The van der Waals surface area contributed by atoms with Crippen molar-refractivity contribution in [1.82, 2.24) is 0 Å². The zero-order valence-corrected chi connectivity index (χ0v) is 36.9. The molecule has 1 fully saturated rings. The van der Waals surface area contributed by atoms with Crippen LogP contribution in [-0.2, 0) is 34.2 Å². The summed E-state index contributed by atoms with van der Waals surface area (Å²) in [5.41, 5.74) is 12.8. The van der Waals surface area contributed by atoms with Crippen LogP contribution in [0.2, 0.25) is 0 Å². The van der Waals surface area contributed by atoms with Gasteiger partial charge >= 0.3 is 30.2 Å². The van der Waals surface area contributed by atoms with Gasteiger partial charge in [0.05, 0.1) is 0 Å². The number of hydrogen-bond acceptors (Lipinski definition) is 0. The molecular weight excluding hydrogens is 743 g/mol. The van der Waals surface area contributed by atoms with Crippen LogP contribution in [0.15, 0.2) is 103 Å². The van der Waals surface area contributed by atoms with Crippen LogP contribution in [0.4, 0.5) is 0 Å². The van der Waals surface area contributed by atoms with Crippen LogP contribution >= 0.6 is 24.8 Å². The number of halogens is 2. The Morgan fingerprint density at radius 3 is 1.58 bits per heavy atom. The third-order valence-corrected chi connectivity index (χ3v) is 9.72. The average Bonchev–Trinajstić information content (AvgIpc) is 3.61. The summed E-state index contributed by atoms with van der Waals surface area (Å²) in [5, 5.41) is 5.56. The molecule has 0 unspecified atom stereocenters. The van der Waals surface area contributed by atoms with Gasteiger partial charge in [0.25, 0.3) is 0 Å². The fourth-order valence-corrected chi connectivity index (χ4v) is 6.63. The normalized spacial score (nSPS) is 12.4. The first-order valence-corrected chi connectivity index (χ1v) is 20.9. The molecule has 4 heteroatoms. The molecule has 0 aliphatic heterocycles. The first-order valence-electron chi connectivity index (χ1n) is 16.7. The van der Waals surface area contributed by atoms with Crippen LogP contribution in [0.1, 0.15) is 94.5 Å². The fraction of sp³-hybridized carbons (Fsp3) is 0.304. The van der Waals surface area contributed by atoms with E-state index in [9.17, 15) is 0 Å². The van der Waals surface area contributed by atoms with E-state index in [1.54, 1.807) is 5.56 Å². The summed E-state index contributed by atoms with van der Waals surface area (Å²) in [6, 6.07) is 38.8. The van der Waals surface area contributed by atoms with E-state index in [4.69, 9.17) is 0 Å². The molecule has 6 aromatic carbocycles. The van der Waals surface area contributed by atoms with E-state index >= 15 is 0 Å². The SMILES string of the molecule is CC(C)(C)c1ccc(-c2cccc3[cH-]c(C4CCC4)cc23)cc1.Cc1cc2c(-c3ccc(C(C)(C)C)cc3)ccc(C)c2[cH-]1.Cl.Cl.[CH3-].[CH3-].[Si]=[Zr]. The van der Waals surface area contributed by atoms with Gasteiger partial charge in [-0.15, -0.1) is 93.4 Å². The van der Waals surface area contributed by atoms with Crippen molar-refractivity contribution in [3.63, 3.8) is 0 Å². The quantitative estimate of drug-likeness (QED) is 0.124. The standard InChI is InChI=1S/C23H25.C21H23.2CH3.2ClH.Si.Zr/c1-23(2,3)20-12-10-17(11-13-20)21-9-5-8-18-14-19(15-22(18)21)16-6-4-7-16;1-14-12-19-15(2)6-11-18(20(19)13-14)16-7-9-17(10-8-16)21(3,4)5;;;;;;/h5,8-16H,4,6-7H2,1-3H3;6-13H,1-5H3;2*1H3;2*1H;;/q4*-1;;;;. The maximum absolute atomic E-state index is 3.06. The molecule has 0 amide bonds. The molecule has 0 spiro atoms. The minimum absolute atomic E-state index is 0. The summed E-state index contributed by atoms with van der Waals surface area (Å²) in [7, 11) is 0. The molecule has 0 saturated heterocycles. The molecule has 0 aromatic heterocycles. The number of fused-ring (bicyclic) bond motifs is 2. The van der Waals surface area contributed by atoms with Crippen molar-refractivity contribution in [2.75, 3.05) is 0 Å². The molecular formula is C46H56Cl2SiZr-4. The second kappa shape index (κ2) is 19.0. The van der Waals surface area contributed by atoms with Gasteiger partial charge in [-0.05, 0) is 51.8 Å². The van der Waals surface area contributed by atoms with E-state index in [1.165, 1.54) is 109 Å². The number of aryl methyl sites for hydroxylation is 2. The summed E-state index contributed by atoms with van der Waals surface area (Å²) in [4.78, 5) is 0. The van der Waals surface area contributed by atoms with E-state index in [-0.39, 0.29) is 50.5 Å². The summed E-state index contributed by atoms with van der Waals surface area (Å²) in [6.45, 7) is 21.0. The van der Waals surface area contributed by atoms with Crippen LogP contribution in [0.5, 0.6) is 0 Å². The molecule has 266 valence electrons. The third kappa shape index (κ3) is 10.2. The maximum atomic E-state index is 3.06. The summed E-state index contributed by atoms with van der Waals surface area (Å²) in [5.74, 6) is 0.804. The topological polar surface area (TPSA) is 0 Å². The Kier molecular flexibility index (Phi) is 17.4. The molecule has 6 aromatic rings. The molecule has 1 aliphatic rings. The Hall–Kier alpha value is -2.22. The second-order valence-electron chi connectivity index (χ2n) is 15.2. The molecule has 2 radical (unpaired) electrons. The molecule has 50 heavy (non-hydrogen) atoms. The van der Waals surface area contributed by atoms with E-state index in [0.29, 0.717) is 0 Å². The van der Waals surface area contributed by atoms with Crippen molar-refractivity contribution in [3.05, 3.63) is 146 Å². The monoisotopic (exact) mass is 796 g/mol. The van der Waals surface area contributed by atoms with Crippen LogP contribution < -0.4 is 0 Å². The molecule has 0 nitrogen and oxygen atoms in total. The van der Waals surface area contributed by atoms with Gasteiger partial charge < -0.3 is 14.9 Å². The van der Waals surface area contributed by atoms with E-state index in [0.717, 1.165) is 5.92 Å². The summed E-state index contributed by atoms with van der Waals surface area (Å²) in [6.07, 6.45) is 4.13. The zero-order chi connectivity index (χ0) is 33.2. The molecule has 0 heterocycles. The molecule has 7 rings (SSSR count). The Labute approximate surface area is 333 Å². The minimum atomic E-state index is 0. The Morgan fingerprint density at radius 1 is 0.620 bits per heavy atom. The first kappa shape index (κ1) is 45.8. The average molecular weight is 799 g/mol. The van der Waals surface area contributed by atoms with Crippen molar-refractivity contribution in [2.24, 2.45) is 0 Å². The summed E-state index contributed by atoms with van der Waals surface area (Å²) >= 11 is 1.36. The van der Waals surface area contributed by atoms with Crippen molar-refractivity contribution < 1.29 is 23.3 Å². The van der Waals surface area contributed by atoms with E-state index < -0.39 is 0 Å². The van der Waals surface area contributed by atoms with Gasteiger partial charge in [0.15, 0.2) is 0 Å². The van der Waals surface area contributed by atoms with Crippen LogP contribution in [0.3, 0.4) is 0 Å². The summed E-state index contributed by atoms with van der Waals surface area (Å²) < 4.78 is 0. The predicted octanol–water partition coefficient (Wildman–Crippen LogP) is 14.3. The van der Waals surface area contributed by atoms with Crippen molar-refractivity contribution in [2.45, 2.75) is 91.4 Å². The molecule has 0 N–H and O–H groups in total. The number of rotatable bonds is 3. The van der Waals surface area contributed by atoms with Crippen LogP contribution in [-0.4, -0.2) is 6.88 Å². The molecule has 0 atom stereocenters. The second-order valence-corrected chi connectivity index (χ2v) is 15.2. The van der Waals surface area contributed by atoms with Gasteiger partial charge in [-0.1, -0.05) is 134 Å². The van der Waals surface area contributed by atoms with Crippen molar-refractivity contribution in [3.8, 4) is 22.3 Å².